The Morgan fingerprint density at radius 2 is 1.61 bits per heavy atom. The van der Waals surface area contributed by atoms with Crippen LogP contribution in [-0.4, -0.2) is 67.3 Å². The highest BCUT2D eigenvalue weighted by Crippen LogP contribution is 2.69. The van der Waals surface area contributed by atoms with Crippen molar-refractivity contribution in [3.63, 3.8) is 0 Å². The molecule has 5 aliphatic carbocycles. The summed E-state index contributed by atoms with van der Waals surface area (Å²) in [6.45, 7) is 6.77. The second kappa shape index (κ2) is 8.14. The third-order valence-electron chi connectivity index (χ3n) is 11.7. The van der Waals surface area contributed by atoms with Gasteiger partial charge in [-0.2, -0.15) is 0 Å². The molecule has 5 rings (SSSR count). The summed E-state index contributed by atoms with van der Waals surface area (Å²) in [7, 11) is 0. The largest absolute Gasteiger partial charge is 0.396 e. The van der Waals surface area contributed by atoms with E-state index in [2.05, 4.69) is 20.8 Å². The molecule has 0 saturated heterocycles. The summed E-state index contributed by atoms with van der Waals surface area (Å²) in [6.07, 6.45) is 4.07. The summed E-state index contributed by atoms with van der Waals surface area (Å²) in [5.74, 6) is 0.593. The molecule has 14 atom stereocenters. The first-order chi connectivity index (χ1) is 15.5. The highest BCUT2D eigenvalue weighted by molar-refractivity contribution is 5.21. The van der Waals surface area contributed by atoms with E-state index in [1.54, 1.807) is 0 Å². The first kappa shape index (κ1) is 24.5. The molecular weight excluding hydrogens is 420 g/mol. The lowest BCUT2D eigenvalue weighted by Crippen LogP contribution is -2.68. The van der Waals surface area contributed by atoms with Crippen LogP contribution in [-0.2, 0) is 0 Å². The van der Waals surface area contributed by atoms with Crippen molar-refractivity contribution in [2.75, 3.05) is 6.61 Å². The average molecular weight is 467 g/mol. The quantitative estimate of drug-likeness (QED) is 0.369. The summed E-state index contributed by atoms with van der Waals surface area (Å²) >= 11 is 0. The van der Waals surface area contributed by atoms with E-state index >= 15 is 0 Å². The maximum Gasteiger partial charge on any atom is 0.0863 e. The third-order valence-corrected chi connectivity index (χ3v) is 11.7. The molecule has 0 aromatic carbocycles. The zero-order valence-corrected chi connectivity index (χ0v) is 20.6. The minimum absolute atomic E-state index is 0.0351. The topological polar surface area (TPSA) is 121 Å². The minimum atomic E-state index is -1.21. The standard InChI is InChI=1S/C27H46O6/c1-14(4-5-15-10-16(15)13-28)21-22(31)23(32)24-26(21,3)9-7-20-25(2)8-6-17(29)11-18(25)19(30)12-27(20,24)33/h14-24,28-33H,4-13H2,1-3H3/t14-,15?,16-,17+,18-,19+,20-,21+,22-,23+,24-,25+,26-,27+/m1/s1. The van der Waals surface area contributed by atoms with E-state index < -0.39 is 35.9 Å². The molecule has 6 nitrogen and oxygen atoms in total. The molecule has 0 bridgehead atoms. The van der Waals surface area contributed by atoms with Crippen LogP contribution in [0.1, 0.15) is 78.6 Å². The number of aliphatic hydroxyl groups excluding tert-OH is 5. The summed E-state index contributed by atoms with van der Waals surface area (Å²) in [5, 5.41) is 65.9. The molecule has 0 amide bonds. The van der Waals surface area contributed by atoms with Gasteiger partial charge in [-0.05, 0) is 91.3 Å². The second-order valence-electron chi connectivity index (χ2n) is 13.4. The first-order valence-corrected chi connectivity index (χ1v) is 13.5. The van der Waals surface area contributed by atoms with Crippen LogP contribution in [0.4, 0.5) is 0 Å². The Hall–Kier alpha value is -0.240. The van der Waals surface area contributed by atoms with Crippen molar-refractivity contribution in [2.45, 2.75) is 109 Å². The van der Waals surface area contributed by atoms with Gasteiger partial charge in [0.1, 0.15) is 0 Å². The number of hydrogen-bond donors (Lipinski definition) is 6. The van der Waals surface area contributed by atoms with Crippen molar-refractivity contribution in [1.82, 2.24) is 0 Å². The summed E-state index contributed by atoms with van der Waals surface area (Å²) in [6, 6.07) is 0. The molecule has 0 spiro atoms. The van der Waals surface area contributed by atoms with Gasteiger partial charge in [-0.1, -0.05) is 27.2 Å². The van der Waals surface area contributed by atoms with Gasteiger partial charge in [-0.25, -0.2) is 0 Å². The average Bonchev–Trinajstić information content (AvgIpc) is 3.47. The van der Waals surface area contributed by atoms with Crippen LogP contribution in [0.25, 0.3) is 0 Å². The molecule has 0 aromatic heterocycles. The molecule has 0 aliphatic heterocycles. The molecule has 33 heavy (non-hydrogen) atoms. The van der Waals surface area contributed by atoms with E-state index in [0.717, 1.165) is 38.5 Å². The van der Waals surface area contributed by atoms with E-state index in [9.17, 15) is 30.6 Å². The van der Waals surface area contributed by atoms with Gasteiger partial charge >= 0.3 is 0 Å². The van der Waals surface area contributed by atoms with E-state index in [1.165, 1.54) is 0 Å². The number of aliphatic hydroxyl groups is 6. The lowest BCUT2D eigenvalue weighted by Gasteiger charge is -2.65. The van der Waals surface area contributed by atoms with Crippen molar-refractivity contribution in [3.8, 4) is 0 Å². The summed E-state index contributed by atoms with van der Waals surface area (Å²) in [5.41, 5.74) is -1.87. The zero-order valence-electron chi connectivity index (χ0n) is 20.6. The Morgan fingerprint density at radius 3 is 2.27 bits per heavy atom. The first-order valence-electron chi connectivity index (χ1n) is 13.5. The Balaban J connectivity index is 1.42. The summed E-state index contributed by atoms with van der Waals surface area (Å²) in [4.78, 5) is 0. The van der Waals surface area contributed by atoms with E-state index in [-0.39, 0.29) is 47.5 Å². The molecule has 0 heterocycles. The maximum atomic E-state index is 12.3. The van der Waals surface area contributed by atoms with E-state index in [0.29, 0.717) is 24.7 Å². The molecule has 5 fully saturated rings. The van der Waals surface area contributed by atoms with Gasteiger partial charge in [0.05, 0.1) is 30.0 Å². The molecule has 5 saturated carbocycles. The highest BCUT2D eigenvalue weighted by atomic mass is 16.3. The fourth-order valence-electron chi connectivity index (χ4n) is 10.1. The molecule has 5 aliphatic rings. The number of fused-ring (bicyclic) bond motifs is 5. The molecule has 1 unspecified atom stereocenters. The monoisotopic (exact) mass is 466 g/mol. The van der Waals surface area contributed by atoms with Gasteiger partial charge < -0.3 is 30.6 Å². The van der Waals surface area contributed by atoms with Crippen molar-refractivity contribution in [3.05, 3.63) is 0 Å². The SMILES string of the molecule is C[C@H](CCC1C[C@@H]1CO)[C@H]1[C@@H](O)[C@H](O)[C@@H]2[C@]1(C)CC[C@@H]1[C@@]3(C)CC[C@H](O)C[C@@H]3[C@@H](O)C[C@]12O. The summed E-state index contributed by atoms with van der Waals surface area (Å²) < 4.78 is 0. The molecule has 190 valence electrons. The van der Waals surface area contributed by atoms with Crippen LogP contribution >= 0.6 is 0 Å². The van der Waals surface area contributed by atoms with Gasteiger partial charge in [0.2, 0.25) is 0 Å². The lowest BCUT2D eigenvalue weighted by atomic mass is 9.42. The number of rotatable bonds is 5. The minimum Gasteiger partial charge on any atom is -0.396 e. The Morgan fingerprint density at radius 1 is 0.909 bits per heavy atom. The van der Waals surface area contributed by atoms with E-state index in [4.69, 9.17) is 0 Å². The predicted octanol–water partition coefficient (Wildman–Crippen LogP) is 2.08. The molecule has 0 radical (unpaired) electrons. The third kappa shape index (κ3) is 3.49. The van der Waals surface area contributed by atoms with Crippen molar-refractivity contribution in [1.29, 1.82) is 0 Å². The Bertz CT molecular complexity index is 746. The van der Waals surface area contributed by atoms with E-state index in [1.807, 2.05) is 0 Å². The second-order valence-corrected chi connectivity index (χ2v) is 13.4. The normalized spacial score (nSPS) is 58.8. The smallest absolute Gasteiger partial charge is 0.0863 e. The van der Waals surface area contributed by atoms with Crippen LogP contribution in [0.2, 0.25) is 0 Å². The van der Waals surface area contributed by atoms with Crippen LogP contribution in [0, 0.1) is 52.3 Å². The molecular formula is C27H46O6. The number of hydrogen-bond acceptors (Lipinski definition) is 6. The molecule has 6 heteroatoms. The fraction of sp³-hybridized carbons (Fsp3) is 1.00. The van der Waals surface area contributed by atoms with Gasteiger partial charge in [-0.15, -0.1) is 0 Å². The van der Waals surface area contributed by atoms with Crippen LogP contribution in [0.3, 0.4) is 0 Å². The van der Waals surface area contributed by atoms with Gasteiger partial charge in [0.15, 0.2) is 0 Å². The van der Waals surface area contributed by atoms with Crippen LogP contribution in [0.15, 0.2) is 0 Å². The van der Waals surface area contributed by atoms with Crippen molar-refractivity contribution < 1.29 is 30.6 Å². The maximum absolute atomic E-state index is 12.3. The van der Waals surface area contributed by atoms with Crippen molar-refractivity contribution in [2.24, 2.45) is 52.3 Å². The Kier molecular flexibility index (Phi) is 6.03. The molecule has 0 aromatic rings. The lowest BCUT2D eigenvalue weighted by molar-refractivity contribution is -0.264. The van der Waals surface area contributed by atoms with Gasteiger partial charge in [0, 0.05) is 18.9 Å². The van der Waals surface area contributed by atoms with Crippen molar-refractivity contribution >= 4 is 0 Å². The zero-order chi connectivity index (χ0) is 23.9. The van der Waals surface area contributed by atoms with Gasteiger partial charge in [0.25, 0.3) is 0 Å². The van der Waals surface area contributed by atoms with Crippen LogP contribution < -0.4 is 0 Å². The van der Waals surface area contributed by atoms with Gasteiger partial charge in [-0.3, -0.25) is 0 Å². The highest BCUT2D eigenvalue weighted by Gasteiger charge is 2.72. The predicted molar refractivity (Wildman–Crippen MR) is 124 cm³/mol. The Labute approximate surface area is 198 Å². The molecule has 6 N–H and O–H groups in total. The van der Waals surface area contributed by atoms with Crippen LogP contribution in [0.5, 0.6) is 0 Å². The fourth-order valence-corrected chi connectivity index (χ4v) is 10.1.